The largest absolute Gasteiger partial charge is 0.238 e. The van der Waals surface area contributed by atoms with E-state index in [1.165, 1.54) is 88.2 Å². The van der Waals surface area contributed by atoms with E-state index >= 15 is 0 Å². The Hall–Kier alpha value is -6.06. The van der Waals surface area contributed by atoms with Crippen LogP contribution in [-0.2, 0) is 12.8 Å². The fourth-order valence-electron chi connectivity index (χ4n) is 7.33. The van der Waals surface area contributed by atoms with Crippen molar-refractivity contribution in [3.63, 3.8) is 0 Å². The van der Waals surface area contributed by atoms with Gasteiger partial charge in [0.25, 0.3) is 0 Å². The van der Waals surface area contributed by atoms with Gasteiger partial charge in [-0.05, 0) is 134 Å². The maximum absolute atomic E-state index is 5.06. The second kappa shape index (κ2) is 19.5. The lowest BCUT2D eigenvalue weighted by Gasteiger charge is -2.05. The molecule has 0 spiro atoms. The number of benzene rings is 4. The minimum Gasteiger partial charge on any atom is -0.238 e. The molecule has 0 unspecified atom stereocenters. The molecule has 56 heavy (non-hydrogen) atoms. The number of pyridine rings is 2. The average Bonchev–Trinajstić information content (AvgIpc) is 3.23. The standard InChI is InChI=1S/C54H50N2/c1-3-5-7-9-11-13-17-45-37-47-27-23-41-19-15-21-43(35-41)26-32-52-34-30-50-40-46(18-14-12-10-8-6-4-2)38-48(54(50)56-52)28-24-42-20-16-22-44(36-42)25-31-51-33-29-49(39-45)53(47)55-51/h15-16,19-22,29-30,33-40H,3-14,17-18H2,1-2H3. The van der Waals surface area contributed by atoms with Crippen LogP contribution in [0.3, 0.4) is 0 Å². The topological polar surface area (TPSA) is 25.8 Å². The molecule has 3 aromatic heterocycles. The molecular weight excluding hydrogens is 677 g/mol. The molecule has 0 radical (unpaired) electrons. The molecule has 0 aliphatic carbocycles. The van der Waals surface area contributed by atoms with Gasteiger partial charge in [0.05, 0.1) is 21.8 Å². The van der Waals surface area contributed by atoms with Crippen LogP contribution < -0.4 is 0 Å². The van der Waals surface area contributed by atoms with Crippen LogP contribution in [0, 0.1) is 48.5 Å². The highest BCUT2D eigenvalue weighted by Gasteiger charge is 2.05. The van der Waals surface area contributed by atoms with Gasteiger partial charge in [-0.1, -0.05) is 127 Å². The molecule has 4 aromatic carbocycles. The summed E-state index contributed by atoms with van der Waals surface area (Å²) in [5.74, 6) is 0. The van der Waals surface area contributed by atoms with Gasteiger partial charge in [-0.15, -0.1) is 0 Å². The lowest BCUT2D eigenvalue weighted by atomic mass is 10.0. The van der Waals surface area contributed by atoms with E-state index in [1.54, 1.807) is 0 Å². The van der Waals surface area contributed by atoms with Gasteiger partial charge in [0, 0.05) is 32.3 Å². The van der Waals surface area contributed by atoms with E-state index in [2.05, 4.69) is 111 Å². The highest BCUT2D eigenvalue weighted by Crippen LogP contribution is 2.24. The van der Waals surface area contributed by atoms with E-state index < -0.39 is 0 Å². The van der Waals surface area contributed by atoms with E-state index in [1.807, 2.05) is 48.5 Å². The molecule has 0 fully saturated rings. The predicted octanol–water partition coefficient (Wildman–Crippen LogP) is 14.4. The van der Waals surface area contributed by atoms with E-state index in [-0.39, 0.29) is 0 Å². The van der Waals surface area contributed by atoms with Gasteiger partial charge in [-0.3, -0.25) is 0 Å². The minimum atomic E-state index is 0.718. The minimum absolute atomic E-state index is 0.718. The quantitative estimate of drug-likeness (QED) is 0.104. The lowest BCUT2D eigenvalue weighted by Crippen LogP contribution is -1.89. The van der Waals surface area contributed by atoms with Gasteiger partial charge in [0.1, 0.15) is 11.0 Å². The predicted molar refractivity (Wildman–Crippen MR) is 236 cm³/mol. The summed E-state index contributed by atoms with van der Waals surface area (Å²) in [6, 6.07) is 60.9. The van der Waals surface area contributed by atoms with E-state index in [0.717, 1.165) is 78.0 Å². The van der Waals surface area contributed by atoms with Gasteiger partial charge >= 0.3 is 0 Å². The van der Waals surface area contributed by atoms with Crippen molar-refractivity contribution >= 4 is 65.2 Å². The molecule has 276 valence electrons. The van der Waals surface area contributed by atoms with Gasteiger partial charge in [-0.25, -0.2) is 9.97 Å². The summed E-state index contributed by atoms with van der Waals surface area (Å²) in [6.07, 6.45) is 17.3. The van der Waals surface area contributed by atoms with Gasteiger partial charge in [0.15, 0.2) is 0 Å². The number of unbranched alkanes of at least 4 members (excludes halogenated alkanes) is 10. The van der Waals surface area contributed by atoms with Crippen LogP contribution >= 0.6 is 0 Å². The Bertz CT molecular complexity index is 2400. The molecule has 7 aromatic rings. The van der Waals surface area contributed by atoms with Gasteiger partial charge < -0.3 is 0 Å². The first-order valence-corrected chi connectivity index (χ1v) is 20.8. The summed E-state index contributed by atoms with van der Waals surface area (Å²) < 4.78 is 0. The molecule has 0 aliphatic heterocycles. The highest BCUT2D eigenvalue weighted by molar-refractivity contribution is 5.96. The highest BCUT2D eigenvalue weighted by atomic mass is 14.7. The van der Waals surface area contributed by atoms with Crippen LogP contribution in [0.2, 0.25) is 0 Å². The third kappa shape index (κ3) is 10.6. The molecule has 0 amide bonds. The fourth-order valence-corrected chi connectivity index (χ4v) is 7.33. The number of hydrogen-bond donors (Lipinski definition) is 0. The van der Waals surface area contributed by atoms with Crippen molar-refractivity contribution in [2.24, 2.45) is 0 Å². The summed E-state index contributed by atoms with van der Waals surface area (Å²) in [4.78, 5) is 10.1. The summed E-state index contributed by atoms with van der Waals surface area (Å²) in [5.41, 5.74) is 5.80. The zero-order valence-corrected chi connectivity index (χ0v) is 33.0. The van der Waals surface area contributed by atoms with Crippen molar-refractivity contribution in [3.05, 3.63) is 157 Å². The molecule has 8 bridgehead atoms. The average molecular weight is 727 g/mol. The molecule has 0 N–H and O–H groups in total. The van der Waals surface area contributed by atoms with Crippen molar-refractivity contribution in [1.82, 2.24) is 9.97 Å². The zero-order chi connectivity index (χ0) is 38.4. The first kappa shape index (κ1) is 38.2. The molecule has 7 rings (SSSR count). The number of rotatable bonds is 14. The molecular formula is C54H50N2. The van der Waals surface area contributed by atoms with Gasteiger partial charge in [0.2, 0.25) is 0 Å². The van der Waals surface area contributed by atoms with Crippen LogP contribution in [0.15, 0.2) is 97.1 Å². The van der Waals surface area contributed by atoms with Crippen molar-refractivity contribution in [2.75, 3.05) is 0 Å². The Balaban J connectivity index is 1.34. The van der Waals surface area contributed by atoms with Crippen molar-refractivity contribution in [1.29, 1.82) is 0 Å². The zero-order valence-electron chi connectivity index (χ0n) is 33.0. The normalized spacial score (nSPS) is 10.8. The molecule has 0 saturated heterocycles. The number of nitrogens with zero attached hydrogens (tertiary/aromatic N) is 2. The number of hydrogen-bond acceptors (Lipinski definition) is 2. The van der Waals surface area contributed by atoms with Crippen LogP contribution in [-0.4, -0.2) is 9.97 Å². The molecule has 0 aliphatic rings. The maximum atomic E-state index is 5.06. The molecule has 0 saturated carbocycles. The van der Waals surface area contributed by atoms with Crippen LogP contribution in [0.4, 0.5) is 0 Å². The number of fused-ring (bicyclic) bond motifs is 6. The Labute approximate surface area is 334 Å². The first-order chi connectivity index (χ1) is 27.6. The Morgan fingerprint density at radius 2 is 0.768 bits per heavy atom. The monoisotopic (exact) mass is 726 g/mol. The Kier molecular flexibility index (Phi) is 13.3. The molecule has 2 heteroatoms. The number of aryl methyl sites for hydroxylation is 2. The van der Waals surface area contributed by atoms with E-state index in [9.17, 15) is 0 Å². The first-order valence-electron chi connectivity index (χ1n) is 20.8. The Morgan fingerprint density at radius 3 is 1.20 bits per heavy atom. The third-order valence-corrected chi connectivity index (χ3v) is 10.4. The molecule has 3 heterocycles. The van der Waals surface area contributed by atoms with Crippen LogP contribution in [0.25, 0.3) is 65.2 Å². The van der Waals surface area contributed by atoms with Crippen LogP contribution in [0.1, 0.15) is 102 Å². The van der Waals surface area contributed by atoms with Crippen LogP contribution in [0.5, 0.6) is 0 Å². The SMILES string of the molecule is CCCCCCCCc1cc2c#cc3cccc(c#cc4ccc5cc(CCCCCCCC)cc(c#cc6cccc(c#cc7ccc(c1)c2n7)c6)c5n4)c3. The van der Waals surface area contributed by atoms with Gasteiger partial charge in [-0.2, -0.15) is 0 Å². The summed E-state index contributed by atoms with van der Waals surface area (Å²) in [5, 5.41) is 7.64. The van der Waals surface area contributed by atoms with E-state index in [4.69, 9.17) is 9.97 Å². The summed E-state index contributed by atoms with van der Waals surface area (Å²) in [6.45, 7) is 4.53. The van der Waals surface area contributed by atoms with Crippen molar-refractivity contribution < 1.29 is 0 Å². The van der Waals surface area contributed by atoms with Crippen molar-refractivity contribution in [2.45, 2.75) is 104 Å². The summed E-state index contributed by atoms with van der Waals surface area (Å²) in [7, 11) is 0. The number of aromatic nitrogens is 2. The van der Waals surface area contributed by atoms with E-state index in [0.29, 0.717) is 0 Å². The summed E-state index contributed by atoms with van der Waals surface area (Å²) >= 11 is 0. The lowest BCUT2D eigenvalue weighted by molar-refractivity contribution is 0.608. The second-order valence-electron chi connectivity index (χ2n) is 15.0. The fraction of sp³-hybridized carbons (Fsp3) is 0.296. The second-order valence-corrected chi connectivity index (χ2v) is 15.0. The smallest absolute Gasteiger partial charge is 0.114 e. The van der Waals surface area contributed by atoms with Crippen molar-refractivity contribution in [3.8, 4) is 0 Å². The Morgan fingerprint density at radius 1 is 0.375 bits per heavy atom. The third-order valence-electron chi connectivity index (χ3n) is 10.4. The maximum Gasteiger partial charge on any atom is 0.114 e. The molecule has 2 nitrogen and oxygen atoms in total. The molecule has 0 atom stereocenters.